The zero-order valence-corrected chi connectivity index (χ0v) is 12.5. The van der Waals surface area contributed by atoms with Gasteiger partial charge >= 0.3 is 0 Å². The van der Waals surface area contributed by atoms with Crippen LogP contribution in [0.25, 0.3) is 0 Å². The lowest BCUT2D eigenvalue weighted by molar-refractivity contribution is -0.133. The molecule has 1 aromatic rings. The van der Waals surface area contributed by atoms with Crippen LogP contribution in [0.3, 0.4) is 0 Å². The van der Waals surface area contributed by atoms with Crippen molar-refractivity contribution in [1.29, 1.82) is 0 Å². The van der Waals surface area contributed by atoms with Crippen LogP contribution in [0.2, 0.25) is 0 Å². The summed E-state index contributed by atoms with van der Waals surface area (Å²) in [4.78, 5) is 23.8. The monoisotopic (exact) mass is 290 g/mol. The van der Waals surface area contributed by atoms with Gasteiger partial charge in [-0.3, -0.25) is 9.59 Å². The molecule has 114 valence electrons. The third kappa shape index (κ3) is 3.82. The molecule has 0 heterocycles. The summed E-state index contributed by atoms with van der Waals surface area (Å²) in [5.41, 5.74) is -0.0521. The van der Waals surface area contributed by atoms with Gasteiger partial charge in [-0.1, -0.05) is 19.9 Å². The summed E-state index contributed by atoms with van der Waals surface area (Å²) in [5.74, 6) is -0.553. The van der Waals surface area contributed by atoms with E-state index < -0.39 is 5.60 Å². The summed E-state index contributed by atoms with van der Waals surface area (Å²) in [5, 5.41) is 15.7. The second-order valence-electron chi connectivity index (χ2n) is 5.92. The minimum absolute atomic E-state index is 0.0760. The molecule has 21 heavy (non-hydrogen) atoms. The van der Waals surface area contributed by atoms with Crippen LogP contribution in [0.1, 0.15) is 39.5 Å². The van der Waals surface area contributed by atoms with Crippen molar-refractivity contribution in [2.24, 2.45) is 5.92 Å². The van der Waals surface area contributed by atoms with Gasteiger partial charge < -0.3 is 15.7 Å². The van der Waals surface area contributed by atoms with Gasteiger partial charge in [0.1, 0.15) is 5.60 Å². The van der Waals surface area contributed by atoms with E-state index in [0.29, 0.717) is 24.2 Å². The standard InChI is InChI=1S/C16H22N2O3/c1-11(2)14(19)17-12-6-5-7-13(10-12)18-15(20)16(21)8-3-4-9-16/h5-7,10-11,21H,3-4,8-9H2,1-2H3,(H,17,19)(H,18,20). The number of hydrogen-bond acceptors (Lipinski definition) is 3. The Kier molecular flexibility index (Phi) is 4.63. The average molecular weight is 290 g/mol. The highest BCUT2D eigenvalue weighted by molar-refractivity contribution is 5.98. The molecular formula is C16H22N2O3. The molecular weight excluding hydrogens is 268 g/mol. The average Bonchev–Trinajstić information content (AvgIpc) is 2.87. The Morgan fingerprint density at radius 2 is 1.71 bits per heavy atom. The fraction of sp³-hybridized carbons (Fsp3) is 0.500. The van der Waals surface area contributed by atoms with Crippen molar-refractivity contribution in [3.8, 4) is 0 Å². The highest BCUT2D eigenvalue weighted by Crippen LogP contribution is 2.30. The van der Waals surface area contributed by atoms with Gasteiger partial charge in [0.05, 0.1) is 0 Å². The Morgan fingerprint density at radius 1 is 1.14 bits per heavy atom. The zero-order chi connectivity index (χ0) is 15.5. The molecule has 0 saturated heterocycles. The smallest absolute Gasteiger partial charge is 0.256 e. The minimum atomic E-state index is -1.25. The summed E-state index contributed by atoms with van der Waals surface area (Å²) in [7, 11) is 0. The van der Waals surface area contributed by atoms with Gasteiger partial charge in [-0.25, -0.2) is 0 Å². The summed E-state index contributed by atoms with van der Waals surface area (Å²) < 4.78 is 0. The molecule has 0 bridgehead atoms. The molecule has 2 rings (SSSR count). The van der Waals surface area contributed by atoms with Gasteiger partial charge in [0.2, 0.25) is 5.91 Å². The second-order valence-corrected chi connectivity index (χ2v) is 5.92. The first-order valence-corrected chi connectivity index (χ1v) is 7.35. The lowest BCUT2D eigenvalue weighted by Crippen LogP contribution is -2.40. The molecule has 3 N–H and O–H groups in total. The molecule has 0 radical (unpaired) electrons. The van der Waals surface area contributed by atoms with E-state index >= 15 is 0 Å². The van der Waals surface area contributed by atoms with Crippen LogP contribution in [0, 0.1) is 5.92 Å². The molecule has 1 saturated carbocycles. The molecule has 5 heteroatoms. The van der Waals surface area contributed by atoms with Gasteiger partial charge in [0.15, 0.2) is 0 Å². The number of carbonyl (C=O) groups excluding carboxylic acids is 2. The maximum atomic E-state index is 12.1. The first kappa shape index (κ1) is 15.5. The van der Waals surface area contributed by atoms with E-state index in [0.717, 1.165) is 12.8 Å². The number of aliphatic hydroxyl groups is 1. The van der Waals surface area contributed by atoms with Crippen LogP contribution in [-0.4, -0.2) is 22.5 Å². The quantitative estimate of drug-likeness (QED) is 0.797. The molecule has 1 fully saturated rings. The molecule has 2 amide bonds. The second kappa shape index (κ2) is 6.26. The summed E-state index contributed by atoms with van der Waals surface area (Å²) in [6, 6.07) is 6.95. The SMILES string of the molecule is CC(C)C(=O)Nc1cccc(NC(=O)C2(O)CCCC2)c1. The van der Waals surface area contributed by atoms with Gasteiger partial charge in [0.25, 0.3) is 5.91 Å². The van der Waals surface area contributed by atoms with Crippen LogP contribution in [-0.2, 0) is 9.59 Å². The lowest BCUT2D eigenvalue weighted by Gasteiger charge is -2.21. The summed E-state index contributed by atoms with van der Waals surface area (Å²) in [6.07, 6.45) is 2.74. The molecule has 1 aromatic carbocycles. The number of amides is 2. The van der Waals surface area contributed by atoms with Crippen molar-refractivity contribution < 1.29 is 14.7 Å². The number of anilines is 2. The highest BCUT2D eigenvalue weighted by atomic mass is 16.3. The number of benzene rings is 1. The number of carbonyl (C=O) groups is 2. The van der Waals surface area contributed by atoms with Crippen molar-refractivity contribution in [2.75, 3.05) is 10.6 Å². The zero-order valence-electron chi connectivity index (χ0n) is 12.5. The molecule has 5 nitrogen and oxygen atoms in total. The molecule has 0 unspecified atom stereocenters. The Morgan fingerprint density at radius 3 is 2.29 bits per heavy atom. The van der Waals surface area contributed by atoms with Gasteiger partial charge in [-0.05, 0) is 43.9 Å². The van der Waals surface area contributed by atoms with Crippen molar-refractivity contribution >= 4 is 23.2 Å². The molecule has 0 spiro atoms. The Hall–Kier alpha value is -1.88. The van der Waals surface area contributed by atoms with Crippen molar-refractivity contribution in [1.82, 2.24) is 0 Å². The normalized spacial score (nSPS) is 16.8. The van der Waals surface area contributed by atoms with Crippen LogP contribution >= 0.6 is 0 Å². The first-order valence-electron chi connectivity index (χ1n) is 7.35. The Balaban J connectivity index is 2.04. The fourth-order valence-electron chi connectivity index (χ4n) is 2.40. The highest BCUT2D eigenvalue weighted by Gasteiger charge is 2.38. The van der Waals surface area contributed by atoms with Gasteiger partial charge in [-0.15, -0.1) is 0 Å². The van der Waals surface area contributed by atoms with Crippen LogP contribution < -0.4 is 10.6 Å². The maximum absolute atomic E-state index is 12.1. The van der Waals surface area contributed by atoms with Crippen molar-refractivity contribution in [2.45, 2.75) is 45.1 Å². The third-order valence-corrected chi connectivity index (χ3v) is 3.77. The van der Waals surface area contributed by atoms with Gasteiger partial charge in [-0.2, -0.15) is 0 Å². The van der Waals surface area contributed by atoms with Gasteiger partial charge in [0, 0.05) is 17.3 Å². The van der Waals surface area contributed by atoms with Crippen LogP contribution in [0.5, 0.6) is 0 Å². The largest absolute Gasteiger partial charge is 0.380 e. The van der Waals surface area contributed by atoms with Crippen LogP contribution in [0.4, 0.5) is 11.4 Å². The van der Waals surface area contributed by atoms with E-state index in [2.05, 4.69) is 10.6 Å². The third-order valence-electron chi connectivity index (χ3n) is 3.77. The van der Waals surface area contributed by atoms with Crippen molar-refractivity contribution in [3.05, 3.63) is 24.3 Å². The predicted octanol–water partition coefficient (Wildman–Crippen LogP) is 2.52. The molecule has 1 aliphatic rings. The molecule has 0 aliphatic heterocycles. The van der Waals surface area contributed by atoms with E-state index in [-0.39, 0.29) is 17.7 Å². The number of nitrogens with one attached hydrogen (secondary N) is 2. The topological polar surface area (TPSA) is 78.4 Å². The molecule has 0 atom stereocenters. The lowest BCUT2D eigenvalue weighted by atomic mass is 10.0. The fourth-order valence-corrected chi connectivity index (χ4v) is 2.40. The van der Waals surface area contributed by atoms with E-state index in [1.807, 2.05) is 13.8 Å². The number of rotatable bonds is 4. The van der Waals surface area contributed by atoms with E-state index in [1.165, 1.54) is 0 Å². The Labute approximate surface area is 124 Å². The molecule has 1 aliphatic carbocycles. The molecule has 0 aromatic heterocycles. The van der Waals surface area contributed by atoms with Crippen molar-refractivity contribution in [3.63, 3.8) is 0 Å². The van der Waals surface area contributed by atoms with E-state index in [4.69, 9.17) is 0 Å². The van der Waals surface area contributed by atoms with E-state index in [9.17, 15) is 14.7 Å². The number of hydrogen-bond donors (Lipinski definition) is 3. The Bertz CT molecular complexity index is 534. The predicted molar refractivity (Wildman–Crippen MR) is 82.0 cm³/mol. The van der Waals surface area contributed by atoms with Crippen LogP contribution in [0.15, 0.2) is 24.3 Å². The summed E-state index contributed by atoms with van der Waals surface area (Å²) in [6.45, 7) is 3.63. The maximum Gasteiger partial charge on any atom is 0.256 e. The summed E-state index contributed by atoms with van der Waals surface area (Å²) >= 11 is 0. The first-order chi connectivity index (χ1) is 9.90. The van der Waals surface area contributed by atoms with E-state index in [1.54, 1.807) is 24.3 Å². The minimum Gasteiger partial charge on any atom is -0.380 e.